The molecule has 0 saturated carbocycles. The first-order valence-corrected chi connectivity index (χ1v) is 1.88. The van der Waals surface area contributed by atoms with Crippen molar-refractivity contribution in [3.8, 4) is 0 Å². The molecule has 0 heterocycles. The minimum absolute atomic E-state index is 0.725. The van der Waals surface area contributed by atoms with Gasteiger partial charge in [0, 0.05) is 4.91 Å². The second kappa shape index (κ2) is 2.21. The third kappa shape index (κ3) is 3.96. The molecule has 0 aliphatic rings. The van der Waals surface area contributed by atoms with Crippen LogP contribution >= 0.6 is 12.6 Å². The van der Waals surface area contributed by atoms with Crippen LogP contribution in [0.2, 0.25) is 0 Å². The highest BCUT2D eigenvalue weighted by Crippen LogP contribution is 1.97. The Morgan fingerprint density at radius 3 is 2.20 bits per heavy atom. The van der Waals surface area contributed by atoms with E-state index in [2.05, 4.69) is 26.1 Å². The van der Waals surface area contributed by atoms with Gasteiger partial charge in [0.1, 0.15) is 6.42 Å². The summed E-state index contributed by atoms with van der Waals surface area (Å²) in [5.74, 6) is 0. The number of hydrogen-bond acceptors (Lipinski definition) is 1. The van der Waals surface area contributed by atoms with Gasteiger partial charge in [-0.25, -0.2) is 0 Å². The molecule has 0 aromatic heterocycles. The molecule has 0 nitrogen and oxygen atoms in total. The highest BCUT2D eigenvalue weighted by atomic mass is 32.1. The maximum Gasteiger partial charge on any atom is 0.115 e. The SMILES string of the molecule is C=C(S)C[CH2+]. The van der Waals surface area contributed by atoms with Gasteiger partial charge in [-0.15, -0.1) is 12.6 Å². The first-order chi connectivity index (χ1) is 2.27. The van der Waals surface area contributed by atoms with Crippen LogP contribution in [0.3, 0.4) is 0 Å². The predicted molar refractivity (Wildman–Crippen MR) is 28.1 cm³/mol. The van der Waals surface area contributed by atoms with E-state index >= 15 is 0 Å². The Kier molecular flexibility index (Phi) is 2.19. The van der Waals surface area contributed by atoms with E-state index in [1.807, 2.05) is 0 Å². The van der Waals surface area contributed by atoms with Crippen LogP contribution in [0.4, 0.5) is 0 Å². The van der Waals surface area contributed by atoms with E-state index < -0.39 is 0 Å². The highest BCUT2D eigenvalue weighted by molar-refractivity contribution is 7.84. The van der Waals surface area contributed by atoms with Crippen molar-refractivity contribution >= 4 is 12.6 Å². The summed E-state index contributed by atoms with van der Waals surface area (Å²) in [5, 5.41) is 0. The van der Waals surface area contributed by atoms with Gasteiger partial charge >= 0.3 is 0 Å². The summed E-state index contributed by atoms with van der Waals surface area (Å²) in [6.07, 6.45) is 0.725. The fraction of sp³-hybridized carbons (Fsp3) is 0.250. The molecule has 0 aromatic carbocycles. The molecular weight excluding hydrogens is 80.1 g/mol. The third-order valence-corrected chi connectivity index (χ3v) is 0.512. The second-order valence-corrected chi connectivity index (χ2v) is 1.45. The van der Waals surface area contributed by atoms with Crippen molar-refractivity contribution in [2.75, 3.05) is 0 Å². The van der Waals surface area contributed by atoms with E-state index in [1.54, 1.807) is 0 Å². The van der Waals surface area contributed by atoms with Crippen LogP contribution in [-0.2, 0) is 0 Å². The molecule has 0 N–H and O–H groups in total. The van der Waals surface area contributed by atoms with Crippen LogP contribution in [-0.4, -0.2) is 0 Å². The number of hydrogen-bond donors (Lipinski definition) is 1. The summed E-state index contributed by atoms with van der Waals surface area (Å²) in [6, 6.07) is 0. The van der Waals surface area contributed by atoms with Gasteiger partial charge in [-0.05, 0) is 0 Å². The lowest BCUT2D eigenvalue weighted by Crippen LogP contribution is -1.54. The van der Waals surface area contributed by atoms with Crippen LogP contribution < -0.4 is 0 Å². The summed E-state index contributed by atoms with van der Waals surface area (Å²) in [6.45, 7) is 6.98. The molecule has 0 atom stereocenters. The van der Waals surface area contributed by atoms with Gasteiger partial charge in [0.2, 0.25) is 0 Å². The molecule has 0 saturated heterocycles. The van der Waals surface area contributed by atoms with Crippen molar-refractivity contribution < 1.29 is 0 Å². The molecule has 0 fully saturated rings. The van der Waals surface area contributed by atoms with Crippen LogP contribution in [0.1, 0.15) is 6.42 Å². The molecule has 5 heavy (non-hydrogen) atoms. The average Bonchev–Trinajstić information content (AvgIpc) is 1.38. The van der Waals surface area contributed by atoms with E-state index in [1.165, 1.54) is 0 Å². The van der Waals surface area contributed by atoms with Crippen LogP contribution in [0, 0.1) is 6.92 Å². The summed E-state index contributed by atoms with van der Waals surface area (Å²) >= 11 is 3.84. The van der Waals surface area contributed by atoms with Gasteiger partial charge < -0.3 is 0 Å². The second-order valence-electron chi connectivity index (χ2n) is 0.816. The monoisotopic (exact) mass is 87.0 g/mol. The number of allylic oxidation sites excluding steroid dienone is 1. The van der Waals surface area contributed by atoms with E-state index in [0.29, 0.717) is 0 Å². The van der Waals surface area contributed by atoms with Gasteiger partial charge in [-0.2, -0.15) is 0 Å². The molecule has 0 radical (unpaired) electrons. The zero-order valence-electron chi connectivity index (χ0n) is 3.07. The zero-order valence-corrected chi connectivity index (χ0v) is 3.96. The quantitative estimate of drug-likeness (QED) is 0.365. The largest absolute Gasteiger partial charge is 0.144 e. The number of thiol groups is 1. The van der Waals surface area contributed by atoms with Crippen molar-refractivity contribution in [2.24, 2.45) is 0 Å². The molecule has 0 amide bonds. The average molecular weight is 87.2 g/mol. The fourth-order valence-electron chi connectivity index (χ4n) is 0. The maximum atomic E-state index is 3.84. The molecule has 0 bridgehead atoms. The fourth-order valence-corrected chi connectivity index (χ4v) is 0. The lowest BCUT2D eigenvalue weighted by molar-refractivity contribution is 1.39. The van der Waals surface area contributed by atoms with Crippen LogP contribution in [0.25, 0.3) is 0 Å². The lowest BCUT2D eigenvalue weighted by atomic mass is 10.5. The zero-order chi connectivity index (χ0) is 4.28. The van der Waals surface area contributed by atoms with Crippen LogP contribution in [0.5, 0.6) is 0 Å². The van der Waals surface area contributed by atoms with Crippen LogP contribution in [0.15, 0.2) is 11.5 Å². The Hall–Kier alpha value is -0.0400. The van der Waals surface area contributed by atoms with Crippen molar-refractivity contribution in [3.05, 3.63) is 18.4 Å². The molecule has 28 valence electrons. The van der Waals surface area contributed by atoms with Gasteiger partial charge in [0.15, 0.2) is 0 Å². The molecule has 0 aliphatic carbocycles. The molecule has 0 aliphatic heterocycles. The Bertz CT molecular complexity index is 38.9. The molecule has 0 spiro atoms. The van der Waals surface area contributed by atoms with E-state index in [0.717, 1.165) is 11.3 Å². The smallest absolute Gasteiger partial charge is 0.115 e. The summed E-state index contributed by atoms with van der Waals surface area (Å²) in [4.78, 5) is 0.838. The van der Waals surface area contributed by atoms with Gasteiger partial charge in [-0.1, -0.05) is 6.58 Å². The van der Waals surface area contributed by atoms with Crippen molar-refractivity contribution in [1.82, 2.24) is 0 Å². The number of rotatable bonds is 1. The van der Waals surface area contributed by atoms with Gasteiger partial charge in [-0.3, -0.25) is 0 Å². The minimum Gasteiger partial charge on any atom is -0.144 e. The molecular formula is C4H7S+. The summed E-state index contributed by atoms with van der Waals surface area (Å²) in [7, 11) is 0. The Morgan fingerprint density at radius 1 is 2.00 bits per heavy atom. The van der Waals surface area contributed by atoms with Gasteiger partial charge in [0.05, 0.1) is 6.92 Å². The van der Waals surface area contributed by atoms with Crippen molar-refractivity contribution in [3.63, 3.8) is 0 Å². The van der Waals surface area contributed by atoms with Crippen molar-refractivity contribution in [1.29, 1.82) is 0 Å². The summed E-state index contributed by atoms with van der Waals surface area (Å²) < 4.78 is 0. The standard InChI is InChI=1S/C4H6S/c1-3-4(2)5/h1-3H2/p+1. The maximum absolute atomic E-state index is 3.84. The Labute approximate surface area is 38.3 Å². The topological polar surface area (TPSA) is 0 Å². The predicted octanol–water partition coefficient (Wildman–Crippen LogP) is 1.65. The first kappa shape index (κ1) is 4.96. The minimum atomic E-state index is 0.725. The first-order valence-electron chi connectivity index (χ1n) is 1.43. The molecule has 0 aromatic rings. The van der Waals surface area contributed by atoms with E-state index in [4.69, 9.17) is 0 Å². The van der Waals surface area contributed by atoms with E-state index in [9.17, 15) is 0 Å². The van der Waals surface area contributed by atoms with E-state index in [-0.39, 0.29) is 0 Å². The normalized spacial score (nSPS) is 7.40. The Morgan fingerprint density at radius 2 is 2.20 bits per heavy atom. The summed E-state index contributed by atoms with van der Waals surface area (Å²) in [5.41, 5.74) is 0. The highest BCUT2D eigenvalue weighted by Gasteiger charge is 1.76. The third-order valence-electron chi connectivity index (χ3n) is 0.289. The molecule has 0 rings (SSSR count). The lowest BCUT2D eigenvalue weighted by Gasteiger charge is -1.71. The molecule has 0 unspecified atom stereocenters. The Balaban J connectivity index is 2.85. The van der Waals surface area contributed by atoms with Crippen molar-refractivity contribution in [2.45, 2.75) is 6.42 Å². The molecule has 1 heteroatoms. The van der Waals surface area contributed by atoms with Gasteiger partial charge in [0.25, 0.3) is 0 Å².